The minimum absolute atomic E-state index is 0.0187. The van der Waals surface area contributed by atoms with E-state index in [0.29, 0.717) is 12.0 Å². The average Bonchev–Trinajstić information content (AvgIpc) is 2.71. The quantitative estimate of drug-likeness (QED) is 0.697. The molecule has 1 atom stereocenters. The predicted molar refractivity (Wildman–Crippen MR) is 59.5 cm³/mol. The van der Waals surface area contributed by atoms with E-state index in [1.165, 1.54) is 4.57 Å². The van der Waals surface area contributed by atoms with E-state index in [0.717, 1.165) is 12.0 Å². The molecule has 0 saturated heterocycles. The van der Waals surface area contributed by atoms with Crippen LogP contribution in [0.15, 0.2) is 27.4 Å². The number of H-pyrrole nitrogens is 1. The summed E-state index contributed by atoms with van der Waals surface area (Å²) in [4.78, 5) is 25.1. The molecule has 0 fully saturated rings. The van der Waals surface area contributed by atoms with Gasteiger partial charge in [0.2, 0.25) is 0 Å². The molecule has 5 heteroatoms. The Morgan fingerprint density at radius 1 is 1.56 bits per heavy atom. The minimum atomic E-state index is -0.381. The van der Waals surface area contributed by atoms with Gasteiger partial charge in [-0.1, -0.05) is 6.08 Å². The highest BCUT2D eigenvalue weighted by Gasteiger charge is 2.19. The fourth-order valence-corrected chi connectivity index (χ4v) is 1.97. The predicted octanol–water partition coefficient (Wildman–Crippen LogP) is 0.0986. The van der Waals surface area contributed by atoms with Crippen LogP contribution in [0.4, 0.5) is 0 Å². The van der Waals surface area contributed by atoms with Crippen LogP contribution in [0.1, 0.15) is 24.4 Å². The van der Waals surface area contributed by atoms with E-state index in [1.807, 2.05) is 6.08 Å². The Bertz CT molecular complexity index is 539. The van der Waals surface area contributed by atoms with Crippen LogP contribution in [0.25, 0.3) is 0 Å². The highest BCUT2D eigenvalue weighted by Crippen LogP contribution is 2.27. The monoisotopic (exact) mass is 222 g/mol. The van der Waals surface area contributed by atoms with Gasteiger partial charge in [-0.05, 0) is 25.3 Å². The van der Waals surface area contributed by atoms with Crippen molar-refractivity contribution in [1.29, 1.82) is 0 Å². The number of aryl methyl sites for hydroxylation is 1. The summed E-state index contributed by atoms with van der Waals surface area (Å²) in [6, 6.07) is 0.0187. The van der Waals surface area contributed by atoms with Crippen LogP contribution in [0, 0.1) is 6.92 Å². The Balaban J connectivity index is 2.33. The topological polar surface area (TPSA) is 75.1 Å². The van der Waals surface area contributed by atoms with Crippen molar-refractivity contribution in [2.45, 2.75) is 25.8 Å². The second kappa shape index (κ2) is 4.09. The Morgan fingerprint density at radius 3 is 2.94 bits per heavy atom. The van der Waals surface area contributed by atoms with Gasteiger partial charge in [-0.2, -0.15) is 0 Å². The van der Waals surface area contributed by atoms with Gasteiger partial charge in [0.1, 0.15) is 0 Å². The molecule has 1 aromatic heterocycles. The number of aliphatic hydroxyl groups is 1. The van der Waals surface area contributed by atoms with E-state index in [-0.39, 0.29) is 23.9 Å². The molecule has 0 spiro atoms. The third-order valence-corrected chi connectivity index (χ3v) is 2.92. The molecule has 0 amide bonds. The van der Waals surface area contributed by atoms with Crippen LogP contribution in [0.5, 0.6) is 0 Å². The number of nitrogens with zero attached hydrogens (tertiary/aromatic N) is 1. The second-order valence-corrected chi connectivity index (χ2v) is 4.09. The van der Waals surface area contributed by atoms with Crippen molar-refractivity contribution in [3.63, 3.8) is 0 Å². The second-order valence-electron chi connectivity index (χ2n) is 4.09. The lowest BCUT2D eigenvalue weighted by Gasteiger charge is -2.13. The summed E-state index contributed by atoms with van der Waals surface area (Å²) in [7, 11) is 0. The Kier molecular flexibility index (Phi) is 2.78. The number of rotatable bonds is 2. The highest BCUT2D eigenvalue weighted by molar-refractivity contribution is 5.13. The Morgan fingerprint density at radius 2 is 2.31 bits per heavy atom. The maximum Gasteiger partial charge on any atom is 0.328 e. The standard InChI is InChI=1S/C11H14N2O3/c1-7-5-13(11(16)12-10(7)15)9-3-2-8(4-9)6-14/h2,5,9,14H,3-4,6H2,1H3,(H,12,15,16)/t9-/m0/s1. The molecule has 0 unspecified atom stereocenters. The van der Waals surface area contributed by atoms with Crippen LogP contribution >= 0.6 is 0 Å². The van der Waals surface area contributed by atoms with Crippen molar-refractivity contribution in [3.8, 4) is 0 Å². The van der Waals surface area contributed by atoms with Gasteiger partial charge >= 0.3 is 5.69 Å². The first-order valence-electron chi connectivity index (χ1n) is 5.22. The van der Waals surface area contributed by atoms with Gasteiger partial charge in [-0.25, -0.2) is 4.79 Å². The van der Waals surface area contributed by atoms with Crippen LogP contribution in [0.2, 0.25) is 0 Å². The number of aliphatic hydroxyl groups excluding tert-OH is 1. The molecule has 2 N–H and O–H groups in total. The molecular formula is C11H14N2O3. The van der Waals surface area contributed by atoms with E-state index < -0.39 is 0 Å². The van der Waals surface area contributed by atoms with Gasteiger partial charge in [0, 0.05) is 17.8 Å². The molecular weight excluding hydrogens is 208 g/mol. The minimum Gasteiger partial charge on any atom is -0.392 e. The van der Waals surface area contributed by atoms with Crippen molar-refractivity contribution >= 4 is 0 Å². The van der Waals surface area contributed by atoms with Gasteiger partial charge in [0.05, 0.1) is 6.61 Å². The lowest BCUT2D eigenvalue weighted by atomic mass is 10.2. The van der Waals surface area contributed by atoms with Gasteiger partial charge < -0.3 is 5.11 Å². The third kappa shape index (κ3) is 1.86. The van der Waals surface area contributed by atoms with Crippen LogP contribution in [0.3, 0.4) is 0 Å². The van der Waals surface area contributed by atoms with E-state index >= 15 is 0 Å². The zero-order valence-corrected chi connectivity index (χ0v) is 9.06. The summed E-state index contributed by atoms with van der Waals surface area (Å²) >= 11 is 0. The molecule has 86 valence electrons. The molecule has 16 heavy (non-hydrogen) atoms. The fourth-order valence-electron chi connectivity index (χ4n) is 1.97. The van der Waals surface area contributed by atoms with Crippen LogP contribution in [-0.2, 0) is 0 Å². The van der Waals surface area contributed by atoms with E-state index in [4.69, 9.17) is 5.11 Å². The van der Waals surface area contributed by atoms with Crippen molar-refractivity contribution in [2.75, 3.05) is 6.61 Å². The average molecular weight is 222 g/mol. The van der Waals surface area contributed by atoms with Gasteiger partial charge in [0.15, 0.2) is 0 Å². The van der Waals surface area contributed by atoms with Crippen molar-refractivity contribution in [3.05, 3.63) is 44.2 Å². The van der Waals surface area contributed by atoms with E-state index in [9.17, 15) is 9.59 Å². The lowest BCUT2D eigenvalue weighted by molar-refractivity contribution is 0.324. The molecule has 1 aliphatic rings. The largest absolute Gasteiger partial charge is 0.392 e. The maximum absolute atomic E-state index is 11.6. The van der Waals surface area contributed by atoms with Gasteiger partial charge in [-0.15, -0.1) is 0 Å². The molecule has 1 heterocycles. The number of nitrogens with one attached hydrogen (secondary N) is 1. The molecule has 2 rings (SSSR count). The lowest BCUT2D eigenvalue weighted by Crippen LogP contribution is -2.32. The van der Waals surface area contributed by atoms with E-state index in [1.54, 1.807) is 13.1 Å². The van der Waals surface area contributed by atoms with Crippen molar-refractivity contribution in [1.82, 2.24) is 9.55 Å². The normalized spacial score (nSPS) is 19.9. The zero-order valence-electron chi connectivity index (χ0n) is 9.06. The molecule has 0 bridgehead atoms. The first kappa shape index (κ1) is 10.9. The van der Waals surface area contributed by atoms with Gasteiger partial charge in [0.25, 0.3) is 5.56 Å². The summed E-state index contributed by atoms with van der Waals surface area (Å²) in [6.45, 7) is 1.71. The van der Waals surface area contributed by atoms with Gasteiger partial charge in [-0.3, -0.25) is 14.3 Å². The van der Waals surface area contributed by atoms with Crippen LogP contribution < -0.4 is 11.2 Å². The molecule has 0 aliphatic heterocycles. The summed E-state index contributed by atoms with van der Waals surface area (Å²) in [5.41, 5.74) is 0.751. The highest BCUT2D eigenvalue weighted by atomic mass is 16.3. The first-order chi connectivity index (χ1) is 7.61. The Hall–Kier alpha value is -1.62. The Labute approximate surface area is 92.1 Å². The number of aromatic nitrogens is 2. The molecule has 1 aliphatic carbocycles. The maximum atomic E-state index is 11.6. The summed E-state index contributed by atoms with van der Waals surface area (Å²) < 4.78 is 1.54. The van der Waals surface area contributed by atoms with Crippen LogP contribution in [-0.4, -0.2) is 21.3 Å². The third-order valence-electron chi connectivity index (χ3n) is 2.92. The summed E-state index contributed by atoms with van der Waals surface area (Å²) in [5.74, 6) is 0. The summed E-state index contributed by atoms with van der Waals surface area (Å²) in [6.07, 6.45) is 4.92. The fraction of sp³-hybridized carbons (Fsp3) is 0.455. The number of hydrogen-bond donors (Lipinski definition) is 2. The van der Waals surface area contributed by atoms with E-state index in [2.05, 4.69) is 4.98 Å². The number of allylic oxidation sites excluding steroid dienone is 1. The smallest absolute Gasteiger partial charge is 0.328 e. The zero-order chi connectivity index (χ0) is 11.7. The van der Waals surface area contributed by atoms with Crippen molar-refractivity contribution in [2.24, 2.45) is 0 Å². The molecule has 0 aromatic carbocycles. The number of aromatic amines is 1. The molecule has 0 radical (unpaired) electrons. The molecule has 5 nitrogen and oxygen atoms in total. The van der Waals surface area contributed by atoms with Crippen molar-refractivity contribution < 1.29 is 5.11 Å². The molecule has 0 saturated carbocycles. The summed E-state index contributed by atoms with van der Waals surface area (Å²) in [5, 5.41) is 8.99. The molecule has 1 aromatic rings. The SMILES string of the molecule is Cc1cn([C@H]2CC=C(CO)C2)c(=O)[nH]c1=O. The number of hydrogen-bond acceptors (Lipinski definition) is 3. The first-order valence-corrected chi connectivity index (χ1v) is 5.22.